The number of methoxy groups -OCH3 is 1. The summed E-state index contributed by atoms with van der Waals surface area (Å²) in [5, 5.41) is 3.68. The van der Waals surface area contributed by atoms with E-state index in [-0.39, 0.29) is 0 Å². The summed E-state index contributed by atoms with van der Waals surface area (Å²) >= 11 is 0. The third kappa shape index (κ3) is 6.70. The van der Waals surface area contributed by atoms with Crippen LogP contribution in [0, 0.1) is 0 Å². The third-order valence-electron chi connectivity index (χ3n) is 3.89. The van der Waals surface area contributed by atoms with Crippen LogP contribution in [0.25, 0.3) is 0 Å². The molecule has 114 valence electrons. The molecule has 1 N–H and O–H groups in total. The van der Waals surface area contributed by atoms with Gasteiger partial charge in [-0.2, -0.15) is 0 Å². The number of nitrogens with one attached hydrogen (secondary N) is 1. The Kier molecular flexibility index (Phi) is 9.43. The van der Waals surface area contributed by atoms with Crippen molar-refractivity contribution in [3.63, 3.8) is 0 Å². The van der Waals surface area contributed by atoms with Gasteiger partial charge < -0.3 is 14.8 Å². The van der Waals surface area contributed by atoms with E-state index in [0.29, 0.717) is 25.3 Å². The van der Waals surface area contributed by atoms with Crippen LogP contribution in [0.3, 0.4) is 0 Å². The molecule has 0 aromatic carbocycles. The van der Waals surface area contributed by atoms with Crippen LogP contribution in [-0.2, 0) is 9.47 Å². The zero-order valence-corrected chi connectivity index (χ0v) is 13.0. The van der Waals surface area contributed by atoms with Gasteiger partial charge in [0.2, 0.25) is 0 Å². The minimum absolute atomic E-state index is 0.683. The molecule has 4 nitrogen and oxygen atoms in total. The van der Waals surface area contributed by atoms with E-state index in [2.05, 4.69) is 24.1 Å². The first kappa shape index (κ1) is 16.9. The summed E-state index contributed by atoms with van der Waals surface area (Å²) in [5.74, 6) is 0. The first-order chi connectivity index (χ1) is 9.31. The Morgan fingerprint density at radius 2 is 2.05 bits per heavy atom. The van der Waals surface area contributed by atoms with Crippen LogP contribution in [0.5, 0.6) is 0 Å². The summed E-state index contributed by atoms with van der Waals surface area (Å²) in [6.07, 6.45) is 4.91. The lowest BCUT2D eigenvalue weighted by atomic mass is 10.0. The average Bonchev–Trinajstić information content (AvgIpc) is 2.43. The van der Waals surface area contributed by atoms with Crippen molar-refractivity contribution < 1.29 is 9.47 Å². The van der Waals surface area contributed by atoms with Crippen LogP contribution in [0.1, 0.15) is 39.5 Å². The molecule has 0 saturated carbocycles. The number of ether oxygens (including phenoxy) is 2. The lowest BCUT2D eigenvalue weighted by Gasteiger charge is -2.40. The Morgan fingerprint density at radius 3 is 2.74 bits per heavy atom. The van der Waals surface area contributed by atoms with Gasteiger partial charge in [-0.15, -0.1) is 0 Å². The van der Waals surface area contributed by atoms with Crippen molar-refractivity contribution in [1.82, 2.24) is 10.2 Å². The van der Waals surface area contributed by atoms with Gasteiger partial charge in [0.15, 0.2) is 0 Å². The van der Waals surface area contributed by atoms with Gasteiger partial charge >= 0.3 is 0 Å². The number of rotatable bonds is 10. The molecular formula is C15H32N2O2. The normalized spacial score (nSPS) is 24.8. The molecule has 1 rings (SSSR count). The van der Waals surface area contributed by atoms with E-state index in [0.717, 1.165) is 26.1 Å². The zero-order chi connectivity index (χ0) is 13.9. The van der Waals surface area contributed by atoms with E-state index in [1.54, 1.807) is 7.11 Å². The zero-order valence-electron chi connectivity index (χ0n) is 13.0. The number of piperazine rings is 1. The number of hydrogen-bond acceptors (Lipinski definition) is 4. The second kappa shape index (κ2) is 10.6. The predicted octanol–water partition coefficient (Wildman–Crippen LogP) is 1.89. The second-order valence-electron chi connectivity index (χ2n) is 5.41. The highest BCUT2D eigenvalue weighted by Crippen LogP contribution is 2.13. The predicted molar refractivity (Wildman–Crippen MR) is 79.7 cm³/mol. The molecule has 0 aliphatic carbocycles. The fourth-order valence-electron chi connectivity index (χ4n) is 2.76. The van der Waals surface area contributed by atoms with Gasteiger partial charge in [0, 0.05) is 45.4 Å². The number of nitrogens with zero attached hydrogens (tertiary/aromatic N) is 1. The third-order valence-corrected chi connectivity index (χ3v) is 3.89. The molecule has 2 atom stereocenters. The molecule has 19 heavy (non-hydrogen) atoms. The molecular weight excluding hydrogens is 240 g/mol. The van der Waals surface area contributed by atoms with E-state index < -0.39 is 0 Å². The van der Waals surface area contributed by atoms with Gasteiger partial charge in [-0.3, -0.25) is 4.90 Å². The van der Waals surface area contributed by atoms with Crippen LogP contribution in [-0.4, -0.2) is 63.5 Å². The highest BCUT2D eigenvalue weighted by atomic mass is 16.5. The van der Waals surface area contributed by atoms with Crippen molar-refractivity contribution in [2.45, 2.75) is 51.6 Å². The quantitative estimate of drug-likeness (QED) is 0.616. The Labute approximate surface area is 118 Å². The Hall–Kier alpha value is -0.160. The van der Waals surface area contributed by atoms with Crippen molar-refractivity contribution in [2.24, 2.45) is 0 Å². The molecule has 1 aliphatic rings. The monoisotopic (exact) mass is 272 g/mol. The van der Waals surface area contributed by atoms with Crippen LogP contribution >= 0.6 is 0 Å². The summed E-state index contributed by atoms with van der Waals surface area (Å²) in [4.78, 5) is 2.65. The highest BCUT2D eigenvalue weighted by Gasteiger charge is 2.25. The second-order valence-corrected chi connectivity index (χ2v) is 5.41. The molecule has 0 radical (unpaired) electrons. The maximum absolute atomic E-state index is 5.54. The van der Waals surface area contributed by atoms with Crippen LogP contribution in [0.2, 0.25) is 0 Å². The minimum atomic E-state index is 0.683. The standard InChI is InChI=1S/C15H32N2O2/c1-4-7-14-13-17(15(5-2)12-16-14)8-6-9-19-11-10-18-3/h14-16H,4-13H2,1-3H3. The van der Waals surface area contributed by atoms with Gasteiger partial charge in [-0.05, 0) is 19.3 Å². The molecule has 1 saturated heterocycles. The van der Waals surface area contributed by atoms with Gasteiger partial charge in [-0.1, -0.05) is 20.3 Å². The summed E-state index contributed by atoms with van der Waals surface area (Å²) in [6.45, 7) is 10.3. The Morgan fingerprint density at radius 1 is 1.21 bits per heavy atom. The van der Waals surface area contributed by atoms with Gasteiger partial charge in [0.05, 0.1) is 13.2 Å². The van der Waals surface area contributed by atoms with E-state index in [1.807, 2.05) is 0 Å². The smallest absolute Gasteiger partial charge is 0.0700 e. The first-order valence-corrected chi connectivity index (χ1v) is 7.85. The largest absolute Gasteiger partial charge is 0.382 e. The topological polar surface area (TPSA) is 33.7 Å². The molecule has 0 aromatic rings. The molecule has 4 heteroatoms. The highest BCUT2D eigenvalue weighted by molar-refractivity contribution is 4.85. The molecule has 1 aliphatic heterocycles. The van der Waals surface area contributed by atoms with Crippen molar-refractivity contribution in [3.05, 3.63) is 0 Å². The van der Waals surface area contributed by atoms with E-state index in [4.69, 9.17) is 9.47 Å². The van der Waals surface area contributed by atoms with E-state index >= 15 is 0 Å². The van der Waals surface area contributed by atoms with Crippen molar-refractivity contribution >= 4 is 0 Å². The fourth-order valence-corrected chi connectivity index (χ4v) is 2.76. The van der Waals surface area contributed by atoms with Crippen molar-refractivity contribution in [1.29, 1.82) is 0 Å². The van der Waals surface area contributed by atoms with Crippen molar-refractivity contribution in [3.8, 4) is 0 Å². The molecule has 0 amide bonds. The van der Waals surface area contributed by atoms with Crippen LogP contribution in [0.15, 0.2) is 0 Å². The summed E-state index contributed by atoms with van der Waals surface area (Å²) in [5.41, 5.74) is 0. The molecule has 0 bridgehead atoms. The SMILES string of the molecule is CCCC1CN(CCCOCCOC)C(CC)CN1. The molecule has 2 unspecified atom stereocenters. The van der Waals surface area contributed by atoms with E-state index in [9.17, 15) is 0 Å². The average molecular weight is 272 g/mol. The number of hydrogen-bond donors (Lipinski definition) is 1. The fraction of sp³-hybridized carbons (Fsp3) is 1.00. The van der Waals surface area contributed by atoms with E-state index in [1.165, 1.54) is 25.8 Å². The molecule has 0 spiro atoms. The van der Waals surface area contributed by atoms with Crippen LogP contribution < -0.4 is 5.32 Å². The lowest BCUT2D eigenvalue weighted by molar-refractivity contribution is 0.0570. The van der Waals surface area contributed by atoms with Gasteiger partial charge in [-0.25, -0.2) is 0 Å². The Balaban J connectivity index is 2.19. The summed E-state index contributed by atoms with van der Waals surface area (Å²) in [6, 6.07) is 1.38. The molecule has 1 heterocycles. The Bertz CT molecular complexity index is 214. The summed E-state index contributed by atoms with van der Waals surface area (Å²) < 4.78 is 10.5. The first-order valence-electron chi connectivity index (χ1n) is 7.85. The minimum Gasteiger partial charge on any atom is -0.382 e. The summed E-state index contributed by atoms with van der Waals surface area (Å²) in [7, 11) is 1.71. The van der Waals surface area contributed by atoms with Crippen LogP contribution in [0.4, 0.5) is 0 Å². The molecule has 0 aromatic heterocycles. The molecule has 1 fully saturated rings. The van der Waals surface area contributed by atoms with Crippen molar-refractivity contribution in [2.75, 3.05) is 46.6 Å². The lowest BCUT2D eigenvalue weighted by Crippen LogP contribution is -2.56. The van der Waals surface area contributed by atoms with Gasteiger partial charge in [0.25, 0.3) is 0 Å². The maximum atomic E-state index is 5.54. The maximum Gasteiger partial charge on any atom is 0.0700 e. The van der Waals surface area contributed by atoms with Gasteiger partial charge in [0.1, 0.15) is 0 Å².